The zero-order chi connectivity index (χ0) is 12.3. The molecule has 0 bridgehead atoms. The first-order chi connectivity index (χ1) is 8.16. The van der Waals surface area contributed by atoms with Crippen molar-refractivity contribution in [2.45, 2.75) is 36.7 Å². The molecule has 1 amide bonds. The first-order valence-corrected chi connectivity index (χ1v) is 6.91. The van der Waals surface area contributed by atoms with Gasteiger partial charge in [0.1, 0.15) is 0 Å². The van der Waals surface area contributed by atoms with Crippen molar-refractivity contribution in [3.63, 3.8) is 0 Å². The molecule has 2 rings (SSSR count). The van der Waals surface area contributed by atoms with Gasteiger partial charge in [-0.05, 0) is 30.7 Å². The molecule has 17 heavy (non-hydrogen) atoms. The zero-order valence-electron chi connectivity index (χ0n) is 9.98. The molecular weight excluding hydrogens is 232 g/mol. The lowest BCUT2D eigenvalue weighted by atomic mass is 10.0. The minimum Gasteiger partial charge on any atom is -0.370 e. The van der Waals surface area contributed by atoms with Gasteiger partial charge in [0, 0.05) is 23.4 Å². The lowest BCUT2D eigenvalue weighted by Crippen LogP contribution is -2.35. The van der Waals surface area contributed by atoms with E-state index in [4.69, 9.17) is 5.73 Å². The number of thioether (sulfide) groups is 1. The molecule has 2 unspecified atom stereocenters. The highest BCUT2D eigenvalue weighted by molar-refractivity contribution is 7.99. The van der Waals surface area contributed by atoms with Gasteiger partial charge in [0.2, 0.25) is 5.91 Å². The third-order valence-electron chi connectivity index (χ3n) is 2.95. The Hall–Kier alpha value is -1.00. The highest BCUT2D eigenvalue weighted by Gasteiger charge is 2.21. The zero-order valence-corrected chi connectivity index (χ0v) is 10.8. The van der Waals surface area contributed by atoms with Gasteiger partial charge in [0.05, 0.1) is 0 Å². The van der Waals surface area contributed by atoms with Crippen LogP contribution in [0.15, 0.2) is 29.2 Å². The number of rotatable bonds is 4. The molecule has 1 aliphatic heterocycles. The van der Waals surface area contributed by atoms with E-state index in [1.807, 2.05) is 18.7 Å². The number of hydrogen-bond donors (Lipinski definition) is 2. The van der Waals surface area contributed by atoms with E-state index in [0.29, 0.717) is 12.5 Å². The molecule has 0 aliphatic carbocycles. The Kier molecular flexibility index (Phi) is 4.07. The average molecular weight is 250 g/mol. The number of hydrogen-bond acceptors (Lipinski definition) is 3. The molecule has 1 aliphatic rings. The molecule has 0 saturated carbocycles. The maximum Gasteiger partial charge on any atom is 0.218 e. The number of benzene rings is 1. The second-order valence-electron chi connectivity index (χ2n) is 4.47. The largest absolute Gasteiger partial charge is 0.370 e. The van der Waals surface area contributed by atoms with Crippen LogP contribution in [0.3, 0.4) is 0 Å². The summed E-state index contributed by atoms with van der Waals surface area (Å²) in [6.07, 6.45) is 1.50. The summed E-state index contributed by atoms with van der Waals surface area (Å²) in [7, 11) is 0. The summed E-state index contributed by atoms with van der Waals surface area (Å²) in [5, 5.41) is 3.49. The molecule has 92 valence electrons. The summed E-state index contributed by atoms with van der Waals surface area (Å²) >= 11 is 1.90. The van der Waals surface area contributed by atoms with Crippen LogP contribution in [0.5, 0.6) is 0 Å². The summed E-state index contributed by atoms with van der Waals surface area (Å²) in [4.78, 5) is 12.2. The molecule has 0 saturated heterocycles. The summed E-state index contributed by atoms with van der Waals surface area (Å²) in [5.74, 6) is 0.876. The minimum absolute atomic E-state index is 0.133. The number of primary amides is 1. The van der Waals surface area contributed by atoms with E-state index in [9.17, 15) is 4.79 Å². The summed E-state index contributed by atoms with van der Waals surface area (Å²) in [6, 6.07) is 8.94. The van der Waals surface area contributed by atoms with Gasteiger partial charge in [-0.25, -0.2) is 0 Å². The van der Waals surface area contributed by atoms with Crippen LogP contribution in [0, 0.1) is 0 Å². The van der Waals surface area contributed by atoms with Crippen molar-refractivity contribution < 1.29 is 4.79 Å². The monoisotopic (exact) mass is 250 g/mol. The number of amides is 1. The second-order valence-corrected chi connectivity index (χ2v) is 5.60. The van der Waals surface area contributed by atoms with Crippen molar-refractivity contribution >= 4 is 17.7 Å². The predicted molar refractivity (Wildman–Crippen MR) is 70.9 cm³/mol. The highest BCUT2D eigenvalue weighted by Crippen LogP contribution is 2.36. The summed E-state index contributed by atoms with van der Waals surface area (Å²) < 4.78 is 0. The Bertz CT molecular complexity index is 408. The fraction of sp³-hybridized carbons (Fsp3) is 0.462. The Balaban J connectivity index is 2.05. The maximum absolute atomic E-state index is 10.9. The van der Waals surface area contributed by atoms with Crippen LogP contribution in [0.4, 0.5) is 0 Å². The van der Waals surface area contributed by atoms with E-state index in [1.54, 1.807) is 0 Å². The Morgan fingerprint density at radius 2 is 2.35 bits per heavy atom. The van der Waals surface area contributed by atoms with Crippen LogP contribution in [-0.2, 0) is 4.79 Å². The highest BCUT2D eigenvalue weighted by atomic mass is 32.2. The number of carbonyl (C=O) groups is 1. The van der Waals surface area contributed by atoms with E-state index in [-0.39, 0.29) is 11.9 Å². The van der Waals surface area contributed by atoms with E-state index in [0.717, 1.165) is 12.2 Å². The predicted octanol–water partition coefficient (Wildman–Crippen LogP) is 2.08. The van der Waals surface area contributed by atoms with E-state index in [2.05, 4.69) is 29.6 Å². The fourth-order valence-electron chi connectivity index (χ4n) is 2.22. The number of nitrogens with one attached hydrogen (secondary N) is 1. The van der Waals surface area contributed by atoms with Gasteiger partial charge in [-0.3, -0.25) is 4.79 Å². The molecule has 3 nitrogen and oxygen atoms in total. The van der Waals surface area contributed by atoms with Crippen LogP contribution >= 0.6 is 11.8 Å². The lowest BCUT2D eigenvalue weighted by molar-refractivity contribution is -0.118. The van der Waals surface area contributed by atoms with Gasteiger partial charge in [0.15, 0.2) is 0 Å². The first kappa shape index (κ1) is 12.5. The Morgan fingerprint density at radius 3 is 3.12 bits per heavy atom. The lowest BCUT2D eigenvalue weighted by Gasteiger charge is -2.28. The Labute approximate surface area is 106 Å². The number of carbonyl (C=O) groups excluding carboxylic acids is 1. The third-order valence-corrected chi connectivity index (χ3v) is 4.07. The molecule has 1 aromatic carbocycles. The van der Waals surface area contributed by atoms with Crippen LogP contribution in [0.1, 0.15) is 31.4 Å². The van der Waals surface area contributed by atoms with Crippen LogP contribution in [0.2, 0.25) is 0 Å². The van der Waals surface area contributed by atoms with Crippen LogP contribution in [-0.4, -0.2) is 17.7 Å². The topological polar surface area (TPSA) is 55.1 Å². The number of fused-ring (bicyclic) bond motifs is 1. The van der Waals surface area contributed by atoms with Crippen molar-refractivity contribution in [1.29, 1.82) is 0 Å². The van der Waals surface area contributed by atoms with Gasteiger partial charge >= 0.3 is 0 Å². The average Bonchev–Trinajstić information content (AvgIpc) is 2.28. The van der Waals surface area contributed by atoms with Gasteiger partial charge in [-0.15, -0.1) is 11.8 Å². The van der Waals surface area contributed by atoms with Gasteiger partial charge in [-0.1, -0.05) is 18.2 Å². The fourth-order valence-corrected chi connectivity index (χ4v) is 3.34. The molecule has 0 fully saturated rings. The standard InChI is InChI=1S/C13H18N2OS/c1-9(8-13(14)16)15-11-6-7-17-12-5-3-2-4-10(11)12/h2-5,9,11,15H,6-8H2,1H3,(H2,14,16). The molecule has 0 aromatic heterocycles. The maximum atomic E-state index is 10.9. The molecule has 1 aromatic rings. The van der Waals surface area contributed by atoms with Crippen molar-refractivity contribution in [3.8, 4) is 0 Å². The SMILES string of the molecule is CC(CC(N)=O)NC1CCSc2ccccc21. The Morgan fingerprint density at radius 1 is 1.59 bits per heavy atom. The number of nitrogens with two attached hydrogens (primary N) is 1. The second kappa shape index (κ2) is 5.56. The van der Waals surface area contributed by atoms with Crippen LogP contribution < -0.4 is 11.1 Å². The smallest absolute Gasteiger partial charge is 0.218 e. The van der Waals surface area contributed by atoms with E-state index in [1.165, 1.54) is 10.5 Å². The van der Waals surface area contributed by atoms with Crippen LogP contribution in [0.25, 0.3) is 0 Å². The summed E-state index contributed by atoms with van der Waals surface area (Å²) in [6.45, 7) is 2.01. The first-order valence-electron chi connectivity index (χ1n) is 5.93. The molecule has 2 atom stereocenters. The molecule has 0 spiro atoms. The van der Waals surface area contributed by atoms with Crippen molar-refractivity contribution in [1.82, 2.24) is 5.32 Å². The summed E-state index contributed by atoms with van der Waals surface area (Å²) in [5.41, 5.74) is 6.56. The van der Waals surface area contributed by atoms with Gasteiger partial charge in [-0.2, -0.15) is 0 Å². The van der Waals surface area contributed by atoms with E-state index >= 15 is 0 Å². The molecule has 1 heterocycles. The molecule has 0 radical (unpaired) electrons. The molecular formula is C13H18N2OS. The molecule has 4 heteroatoms. The van der Waals surface area contributed by atoms with Crippen molar-refractivity contribution in [2.75, 3.05) is 5.75 Å². The van der Waals surface area contributed by atoms with Gasteiger partial charge in [0.25, 0.3) is 0 Å². The van der Waals surface area contributed by atoms with Crippen molar-refractivity contribution in [3.05, 3.63) is 29.8 Å². The quantitative estimate of drug-likeness (QED) is 0.860. The third kappa shape index (κ3) is 3.23. The normalized spacial score (nSPS) is 20.6. The van der Waals surface area contributed by atoms with E-state index < -0.39 is 0 Å². The van der Waals surface area contributed by atoms with Crippen molar-refractivity contribution in [2.24, 2.45) is 5.73 Å². The minimum atomic E-state index is -0.247. The van der Waals surface area contributed by atoms with Gasteiger partial charge < -0.3 is 11.1 Å². The molecule has 3 N–H and O–H groups in total.